The van der Waals surface area contributed by atoms with Crippen molar-refractivity contribution in [3.63, 3.8) is 0 Å². The topological polar surface area (TPSA) is 23.0 Å². The van der Waals surface area contributed by atoms with Gasteiger partial charge in [-0.2, -0.15) is 0 Å². The van der Waals surface area contributed by atoms with Gasteiger partial charge in [-0.1, -0.05) is 72.8 Å². The molecule has 0 amide bonds. The summed E-state index contributed by atoms with van der Waals surface area (Å²) in [6.45, 7) is 0. The summed E-state index contributed by atoms with van der Waals surface area (Å²) in [7, 11) is 4.22. The van der Waals surface area contributed by atoms with Gasteiger partial charge in [0.05, 0.1) is 43.1 Å². The molecule has 9 rings (SSSR count). The van der Waals surface area contributed by atoms with E-state index in [1.807, 2.05) is 6.07 Å². The standard InChI is InChI=1S/C36H22N2OPSi/c41-40-34-20-19-32(35-26-12-4-8-16-33(26)39-36(34)35)38-30-15-7-3-11-25(30)27-21-22(17-18-31(27)38)37-28-13-5-1-9-23(28)24-10-2-6-14-29(24)37/h1-21,40H. The van der Waals surface area contributed by atoms with E-state index in [1.165, 1.54) is 48.9 Å². The van der Waals surface area contributed by atoms with Gasteiger partial charge in [-0.05, 0) is 54.6 Å². The number of para-hydroxylation sites is 4. The van der Waals surface area contributed by atoms with E-state index in [0.717, 1.165) is 33.3 Å². The highest BCUT2D eigenvalue weighted by Crippen LogP contribution is 2.40. The average molecular weight is 558 g/mol. The Morgan fingerprint density at radius 3 is 1.76 bits per heavy atom. The van der Waals surface area contributed by atoms with Crippen LogP contribution in [-0.4, -0.2) is 19.0 Å². The summed E-state index contributed by atoms with van der Waals surface area (Å²) in [5, 5.41) is 8.46. The van der Waals surface area contributed by atoms with Crippen LogP contribution in [0.5, 0.6) is 0 Å². The molecule has 0 saturated carbocycles. The van der Waals surface area contributed by atoms with Crippen molar-refractivity contribution in [2.45, 2.75) is 0 Å². The third kappa shape index (κ3) is 3.17. The zero-order valence-electron chi connectivity index (χ0n) is 21.9. The van der Waals surface area contributed by atoms with Crippen LogP contribution in [0.3, 0.4) is 0 Å². The Morgan fingerprint density at radius 1 is 0.512 bits per heavy atom. The van der Waals surface area contributed by atoms with E-state index in [4.69, 9.17) is 4.42 Å². The maximum Gasteiger partial charge on any atom is 0.144 e. The third-order valence-corrected chi connectivity index (χ3v) is 9.85. The molecule has 0 aliphatic rings. The van der Waals surface area contributed by atoms with Gasteiger partial charge in [0.15, 0.2) is 0 Å². The minimum absolute atomic E-state index is 0.461. The maximum atomic E-state index is 6.45. The Balaban J connectivity index is 1.39. The summed E-state index contributed by atoms with van der Waals surface area (Å²) in [5.41, 5.74) is 8.95. The van der Waals surface area contributed by atoms with Crippen molar-refractivity contribution in [3.05, 3.63) is 127 Å². The van der Waals surface area contributed by atoms with Crippen molar-refractivity contribution < 1.29 is 4.42 Å². The van der Waals surface area contributed by atoms with Gasteiger partial charge in [-0.25, -0.2) is 0 Å². The lowest BCUT2D eigenvalue weighted by Crippen LogP contribution is -2.01. The summed E-state index contributed by atoms with van der Waals surface area (Å²) in [5.74, 6) is 0. The smallest absolute Gasteiger partial charge is 0.144 e. The highest BCUT2D eigenvalue weighted by atomic mass is 31.3. The van der Waals surface area contributed by atoms with Crippen molar-refractivity contribution in [2.24, 2.45) is 0 Å². The van der Waals surface area contributed by atoms with E-state index in [1.54, 1.807) is 0 Å². The SMILES string of the molecule is [Si]Pc1ccc(-n2c3ccccc3c3cc(-n4c5ccccc5c5ccccc54)ccc32)c2c1oc1ccccc12. The lowest BCUT2D eigenvalue weighted by molar-refractivity contribution is 0.671. The number of aromatic nitrogens is 2. The molecular weight excluding hydrogens is 535 g/mol. The van der Waals surface area contributed by atoms with Crippen molar-refractivity contribution >= 4 is 88.9 Å². The van der Waals surface area contributed by atoms with Gasteiger partial charge in [0.2, 0.25) is 0 Å². The van der Waals surface area contributed by atoms with E-state index in [9.17, 15) is 0 Å². The van der Waals surface area contributed by atoms with Crippen LogP contribution in [-0.2, 0) is 0 Å². The van der Waals surface area contributed by atoms with E-state index < -0.39 is 0 Å². The van der Waals surface area contributed by atoms with Gasteiger partial charge in [0, 0.05) is 37.9 Å². The van der Waals surface area contributed by atoms with Crippen LogP contribution in [0.15, 0.2) is 132 Å². The Labute approximate surface area is 240 Å². The number of rotatable bonds is 3. The predicted octanol–water partition coefficient (Wildman–Crippen LogP) is 9.17. The fourth-order valence-electron chi connectivity index (χ4n) is 6.66. The highest BCUT2D eigenvalue weighted by Gasteiger charge is 2.20. The summed E-state index contributed by atoms with van der Waals surface area (Å²) in [4.78, 5) is 0. The Bertz CT molecular complexity index is 2430. The molecule has 0 saturated heterocycles. The number of hydrogen-bond acceptors (Lipinski definition) is 1. The molecule has 3 nitrogen and oxygen atoms in total. The Kier molecular flexibility index (Phi) is 4.89. The summed E-state index contributed by atoms with van der Waals surface area (Å²) < 4.78 is 11.2. The maximum absolute atomic E-state index is 6.45. The lowest BCUT2D eigenvalue weighted by atomic mass is 10.1. The molecule has 9 aromatic rings. The van der Waals surface area contributed by atoms with Crippen molar-refractivity contribution in [1.29, 1.82) is 0 Å². The summed E-state index contributed by atoms with van der Waals surface area (Å²) in [6, 6.07) is 45.8. The number of furan rings is 1. The number of hydrogen-bond donors (Lipinski definition) is 0. The first-order chi connectivity index (χ1) is 20.3. The van der Waals surface area contributed by atoms with Gasteiger partial charge in [-0.3, -0.25) is 0 Å². The molecule has 6 aromatic carbocycles. The molecule has 3 aromatic heterocycles. The van der Waals surface area contributed by atoms with Gasteiger partial charge in [-0.15, -0.1) is 8.13 Å². The molecule has 1 unspecified atom stereocenters. The molecule has 5 heteroatoms. The van der Waals surface area contributed by atoms with Gasteiger partial charge < -0.3 is 13.6 Å². The van der Waals surface area contributed by atoms with Gasteiger partial charge >= 0.3 is 0 Å². The molecule has 3 heterocycles. The van der Waals surface area contributed by atoms with Gasteiger partial charge in [0.25, 0.3) is 0 Å². The van der Waals surface area contributed by atoms with Crippen LogP contribution >= 0.6 is 8.13 Å². The second-order valence-corrected chi connectivity index (χ2v) is 12.0. The first kappa shape index (κ1) is 23.1. The molecule has 0 spiro atoms. The van der Waals surface area contributed by atoms with Crippen LogP contribution in [0.2, 0.25) is 0 Å². The fraction of sp³-hybridized carbons (Fsp3) is 0. The van der Waals surface area contributed by atoms with E-state index >= 15 is 0 Å². The van der Waals surface area contributed by atoms with Crippen molar-refractivity contribution in [1.82, 2.24) is 9.13 Å². The largest absolute Gasteiger partial charge is 0.455 e. The molecule has 0 aliphatic heterocycles. The van der Waals surface area contributed by atoms with E-state index in [0.29, 0.717) is 8.13 Å². The second-order valence-electron chi connectivity index (χ2n) is 10.5. The fourth-order valence-corrected chi connectivity index (χ4v) is 7.70. The third-order valence-electron chi connectivity index (χ3n) is 8.37. The minimum atomic E-state index is 0.461. The highest BCUT2D eigenvalue weighted by molar-refractivity contribution is 7.73. The molecule has 3 radical (unpaired) electrons. The second kappa shape index (κ2) is 8.68. The predicted molar refractivity (Wildman–Crippen MR) is 176 cm³/mol. The van der Waals surface area contributed by atoms with E-state index in [-0.39, 0.29) is 0 Å². The van der Waals surface area contributed by atoms with Crippen LogP contribution in [0.4, 0.5) is 0 Å². The van der Waals surface area contributed by atoms with Crippen molar-refractivity contribution in [3.8, 4) is 11.4 Å². The van der Waals surface area contributed by atoms with Gasteiger partial charge in [0.1, 0.15) is 11.2 Å². The monoisotopic (exact) mass is 557 g/mol. The number of nitrogens with zero attached hydrogens (tertiary/aromatic N) is 2. The molecule has 191 valence electrons. The zero-order valence-corrected chi connectivity index (χ0v) is 23.9. The summed E-state index contributed by atoms with van der Waals surface area (Å²) in [6.07, 6.45) is 0. The number of benzene rings is 6. The van der Waals surface area contributed by atoms with Crippen LogP contribution in [0, 0.1) is 0 Å². The minimum Gasteiger partial charge on any atom is -0.455 e. The Hall–Kier alpha value is -4.63. The number of fused-ring (bicyclic) bond motifs is 9. The first-order valence-corrected chi connectivity index (χ1v) is 16.2. The molecule has 0 N–H and O–H groups in total. The average Bonchev–Trinajstić information content (AvgIpc) is 3.69. The van der Waals surface area contributed by atoms with Crippen LogP contribution in [0.25, 0.3) is 76.9 Å². The zero-order chi connectivity index (χ0) is 27.1. The van der Waals surface area contributed by atoms with Crippen LogP contribution < -0.4 is 5.30 Å². The van der Waals surface area contributed by atoms with Crippen molar-refractivity contribution in [2.75, 3.05) is 0 Å². The normalized spacial score (nSPS) is 12.4. The Morgan fingerprint density at radius 2 is 1.07 bits per heavy atom. The van der Waals surface area contributed by atoms with E-state index in [2.05, 4.69) is 140 Å². The molecule has 0 fully saturated rings. The molecule has 0 aliphatic carbocycles. The lowest BCUT2D eigenvalue weighted by Gasteiger charge is -2.12. The van der Waals surface area contributed by atoms with Crippen LogP contribution in [0.1, 0.15) is 0 Å². The molecule has 0 bridgehead atoms. The first-order valence-electron chi connectivity index (χ1n) is 13.7. The summed E-state index contributed by atoms with van der Waals surface area (Å²) >= 11 is 0. The molecular formula is C36H22N2OPSi. The quantitative estimate of drug-likeness (QED) is 0.157. The molecule has 1 atom stereocenters. The molecule has 41 heavy (non-hydrogen) atoms.